The Bertz CT molecular complexity index is 477. The molecular weight excluding hydrogens is 270 g/mol. The van der Waals surface area contributed by atoms with Crippen molar-refractivity contribution < 1.29 is 9.90 Å². The van der Waals surface area contributed by atoms with Gasteiger partial charge >= 0.3 is 0 Å². The number of unbranched alkanes of at least 4 members (excludes halogenated alkanes) is 2. The summed E-state index contributed by atoms with van der Waals surface area (Å²) < 4.78 is 0. The summed E-state index contributed by atoms with van der Waals surface area (Å²) in [6.07, 6.45) is 5.46. The van der Waals surface area contributed by atoms with Crippen molar-refractivity contribution >= 4 is 17.7 Å². The first-order valence-corrected chi connectivity index (χ1v) is 8.14. The molecule has 0 heterocycles. The number of hydrogen-bond donors (Lipinski definition) is 2. The third kappa shape index (κ3) is 6.65. The highest BCUT2D eigenvalue weighted by Gasteiger charge is 2.04. The number of nitrogens with one attached hydrogen (secondary N) is 1. The molecule has 0 aliphatic heterocycles. The van der Waals surface area contributed by atoms with Crippen molar-refractivity contribution in [2.75, 3.05) is 25.2 Å². The van der Waals surface area contributed by atoms with E-state index in [0.717, 1.165) is 18.4 Å². The van der Waals surface area contributed by atoms with Crippen LogP contribution in [0.1, 0.15) is 35.2 Å². The zero-order chi connectivity index (χ0) is 14.6. The number of carbonyl (C=O) groups excluding carboxylic acids is 1. The van der Waals surface area contributed by atoms with Gasteiger partial charge in [-0.2, -0.15) is 11.8 Å². The van der Waals surface area contributed by atoms with Crippen LogP contribution >= 0.6 is 11.8 Å². The Balaban J connectivity index is 2.39. The predicted molar refractivity (Wildman–Crippen MR) is 85.0 cm³/mol. The lowest BCUT2D eigenvalue weighted by Crippen LogP contribution is -2.24. The number of thioether (sulfide) groups is 1. The summed E-state index contributed by atoms with van der Waals surface area (Å²) in [5.41, 5.74) is 1.35. The number of carbonyl (C=O) groups is 1. The molecule has 3 nitrogen and oxygen atoms in total. The van der Waals surface area contributed by atoms with Crippen molar-refractivity contribution in [2.45, 2.75) is 19.3 Å². The molecule has 1 amide bonds. The normalized spacial score (nSPS) is 9.70. The van der Waals surface area contributed by atoms with Crippen LogP contribution in [0.5, 0.6) is 0 Å². The number of amides is 1. The molecule has 0 radical (unpaired) electrons. The van der Waals surface area contributed by atoms with Crippen molar-refractivity contribution in [1.82, 2.24) is 5.32 Å². The second-order valence-electron chi connectivity index (χ2n) is 4.35. The number of rotatable bonds is 7. The fourth-order valence-electron chi connectivity index (χ4n) is 1.73. The van der Waals surface area contributed by atoms with E-state index in [1.807, 2.05) is 17.8 Å². The van der Waals surface area contributed by atoms with Gasteiger partial charge in [-0.05, 0) is 43.0 Å². The molecule has 0 fully saturated rings. The summed E-state index contributed by atoms with van der Waals surface area (Å²) in [5.74, 6) is 6.49. The lowest BCUT2D eigenvalue weighted by Gasteiger charge is -2.05. The molecule has 0 unspecified atom stereocenters. The van der Waals surface area contributed by atoms with E-state index in [1.165, 1.54) is 12.2 Å². The minimum absolute atomic E-state index is 0.0671. The van der Waals surface area contributed by atoms with Crippen molar-refractivity contribution in [1.29, 1.82) is 0 Å². The van der Waals surface area contributed by atoms with E-state index in [9.17, 15) is 4.79 Å². The first-order valence-electron chi connectivity index (χ1n) is 6.75. The lowest BCUT2D eigenvalue weighted by atomic mass is 10.1. The summed E-state index contributed by atoms with van der Waals surface area (Å²) in [7, 11) is 0. The van der Waals surface area contributed by atoms with Crippen LogP contribution < -0.4 is 5.32 Å². The van der Waals surface area contributed by atoms with Crippen LogP contribution in [0.4, 0.5) is 0 Å². The number of aliphatic hydroxyl groups excluding tert-OH is 1. The summed E-state index contributed by atoms with van der Waals surface area (Å²) in [5, 5.41) is 11.6. The Labute approximate surface area is 125 Å². The smallest absolute Gasteiger partial charge is 0.251 e. The van der Waals surface area contributed by atoms with E-state index in [-0.39, 0.29) is 12.5 Å². The van der Waals surface area contributed by atoms with Crippen molar-refractivity contribution in [3.63, 3.8) is 0 Å². The fourth-order valence-corrected chi connectivity index (χ4v) is 2.22. The Morgan fingerprint density at radius 3 is 2.95 bits per heavy atom. The van der Waals surface area contributed by atoms with E-state index in [2.05, 4.69) is 23.4 Å². The molecule has 0 atom stereocenters. The molecule has 1 aromatic rings. The van der Waals surface area contributed by atoms with E-state index < -0.39 is 0 Å². The van der Waals surface area contributed by atoms with E-state index >= 15 is 0 Å². The maximum Gasteiger partial charge on any atom is 0.251 e. The zero-order valence-electron chi connectivity index (χ0n) is 11.8. The van der Waals surface area contributed by atoms with E-state index in [4.69, 9.17) is 5.11 Å². The van der Waals surface area contributed by atoms with Crippen molar-refractivity contribution in [3.8, 4) is 11.8 Å². The Hall–Kier alpha value is -1.44. The minimum Gasteiger partial charge on any atom is -0.384 e. The molecule has 0 aromatic heterocycles. The van der Waals surface area contributed by atoms with Crippen LogP contribution in [0.2, 0.25) is 0 Å². The first kappa shape index (κ1) is 16.6. The van der Waals surface area contributed by atoms with Crippen LogP contribution in [0, 0.1) is 11.8 Å². The molecule has 4 heteroatoms. The highest BCUT2D eigenvalue weighted by molar-refractivity contribution is 7.98. The molecular formula is C16H21NO2S. The second-order valence-corrected chi connectivity index (χ2v) is 5.34. The molecule has 0 bridgehead atoms. The summed E-state index contributed by atoms with van der Waals surface area (Å²) in [6.45, 7) is 0.534. The Morgan fingerprint density at radius 2 is 2.20 bits per heavy atom. The van der Waals surface area contributed by atoms with Gasteiger partial charge in [-0.1, -0.05) is 24.3 Å². The summed E-state index contributed by atoms with van der Waals surface area (Å²) >= 11 is 1.85. The SMILES string of the molecule is CSCCCCCNC(=O)c1cccc(C#CCO)c1. The van der Waals surface area contributed by atoms with Gasteiger partial charge < -0.3 is 10.4 Å². The van der Waals surface area contributed by atoms with Crippen LogP contribution in [-0.2, 0) is 0 Å². The van der Waals surface area contributed by atoms with Gasteiger partial charge in [-0.25, -0.2) is 0 Å². The molecule has 0 aliphatic rings. The standard InChI is InChI=1S/C16H21NO2S/c1-20-12-4-2-3-10-17-16(19)15-9-5-7-14(13-15)8-6-11-18/h5,7,9,13,18H,2-4,10-12H2,1H3,(H,17,19). The lowest BCUT2D eigenvalue weighted by molar-refractivity contribution is 0.0953. The Kier molecular flexibility index (Phi) is 8.61. The molecule has 0 aliphatic carbocycles. The Morgan fingerprint density at radius 1 is 1.35 bits per heavy atom. The molecule has 20 heavy (non-hydrogen) atoms. The minimum atomic E-state index is -0.174. The summed E-state index contributed by atoms with van der Waals surface area (Å²) in [4.78, 5) is 11.9. The molecule has 0 saturated heterocycles. The van der Waals surface area contributed by atoms with Gasteiger partial charge in [0.1, 0.15) is 6.61 Å². The third-order valence-electron chi connectivity index (χ3n) is 2.75. The second kappa shape index (κ2) is 10.4. The molecule has 0 spiro atoms. The fraction of sp³-hybridized carbons (Fsp3) is 0.438. The van der Waals surface area contributed by atoms with E-state index in [1.54, 1.807) is 18.2 Å². The molecule has 2 N–H and O–H groups in total. The monoisotopic (exact) mass is 291 g/mol. The van der Waals surface area contributed by atoms with Gasteiger partial charge in [-0.15, -0.1) is 0 Å². The quantitative estimate of drug-likeness (QED) is 0.598. The van der Waals surface area contributed by atoms with Gasteiger partial charge in [0, 0.05) is 17.7 Å². The third-order valence-corrected chi connectivity index (χ3v) is 3.44. The largest absolute Gasteiger partial charge is 0.384 e. The van der Waals surface area contributed by atoms with Gasteiger partial charge in [0.15, 0.2) is 0 Å². The molecule has 1 rings (SSSR count). The van der Waals surface area contributed by atoms with Crippen molar-refractivity contribution in [2.24, 2.45) is 0 Å². The maximum absolute atomic E-state index is 11.9. The van der Waals surface area contributed by atoms with E-state index in [0.29, 0.717) is 12.1 Å². The number of hydrogen-bond acceptors (Lipinski definition) is 3. The average Bonchev–Trinajstić information content (AvgIpc) is 2.48. The van der Waals surface area contributed by atoms with Crippen LogP contribution in [0.15, 0.2) is 24.3 Å². The van der Waals surface area contributed by atoms with Gasteiger partial charge in [0.2, 0.25) is 0 Å². The highest BCUT2D eigenvalue weighted by Crippen LogP contribution is 2.05. The number of benzene rings is 1. The van der Waals surface area contributed by atoms with Crippen molar-refractivity contribution in [3.05, 3.63) is 35.4 Å². The molecule has 1 aromatic carbocycles. The van der Waals surface area contributed by atoms with Gasteiger partial charge in [-0.3, -0.25) is 4.79 Å². The highest BCUT2D eigenvalue weighted by atomic mass is 32.2. The number of aliphatic hydroxyl groups is 1. The van der Waals surface area contributed by atoms with Gasteiger partial charge in [0.25, 0.3) is 5.91 Å². The summed E-state index contributed by atoms with van der Waals surface area (Å²) in [6, 6.07) is 7.13. The first-order chi connectivity index (χ1) is 9.77. The van der Waals surface area contributed by atoms with Crippen LogP contribution in [0.3, 0.4) is 0 Å². The molecule has 108 valence electrons. The molecule has 0 saturated carbocycles. The predicted octanol–water partition coefficient (Wildman–Crippen LogP) is 2.29. The maximum atomic E-state index is 11.9. The van der Waals surface area contributed by atoms with Crippen LogP contribution in [-0.4, -0.2) is 36.2 Å². The zero-order valence-corrected chi connectivity index (χ0v) is 12.6. The van der Waals surface area contributed by atoms with Crippen LogP contribution in [0.25, 0.3) is 0 Å². The average molecular weight is 291 g/mol. The van der Waals surface area contributed by atoms with Gasteiger partial charge in [0.05, 0.1) is 0 Å². The topological polar surface area (TPSA) is 49.3 Å².